The molecule has 0 amide bonds. The molecule has 0 atom stereocenters. The van der Waals surface area contributed by atoms with E-state index in [2.05, 4.69) is 4.98 Å². The summed E-state index contributed by atoms with van der Waals surface area (Å²) < 4.78 is 21.7. The maximum atomic E-state index is 12.5. The molecular weight excluding hydrogens is 382 g/mol. The topological polar surface area (TPSA) is 109 Å². The smallest absolute Gasteiger partial charge is 0.355 e. The Morgan fingerprint density at radius 3 is 2.38 bits per heavy atom. The zero-order valence-electron chi connectivity index (χ0n) is 16.1. The number of methoxy groups -OCH3 is 3. The van der Waals surface area contributed by atoms with E-state index in [1.165, 1.54) is 26.2 Å². The summed E-state index contributed by atoms with van der Waals surface area (Å²) >= 11 is 0. The maximum absolute atomic E-state index is 12.5. The van der Waals surface area contributed by atoms with Crippen molar-refractivity contribution in [3.8, 4) is 5.69 Å². The second kappa shape index (κ2) is 8.57. The number of nitrogens with zero attached hydrogens (tertiary/aromatic N) is 3. The number of imidazole rings is 1. The maximum Gasteiger partial charge on any atom is 0.355 e. The SMILES string of the molecule is COC(=O)C1=C(C(=O)OC)N(c2cc(-n3ccnc3)ccc2C(=O)OC)COC1. The van der Waals surface area contributed by atoms with Crippen molar-refractivity contribution in [1.29, 1.82) is 0 Å². The number of benzene rings is 1. The monoisotopic (exact) mass is 401 g/mol. The minimum absolute atomic E-state index is 0.0190. The van der Waals surface area contributed by atoms with E-state index in [9.17, 15) is 14.4 Å². The summed E-state index contributed by atoms with van der Waals surface area (Å²) in [4.78, 5) is 42.5. The average molecular weight is 401 g/mol. The van der Waals surface area contributed by atoms with Crippen LogP contribution in [-0.2, 0) is 28.5 Å². The number of esters is 3. The highest BCUT2D eigenvalue weighted by Gasteiger charge is 2.34. The molecule has 1 aromatic carbocycles. The third-order valence-electron chi connectivity index (χ3n) is 4.31. The van der Waals surface area contributed by atoms with Gasteiger partial charge in [-0.25, -0.2) is 19.4 Å². The van der Waals surface area contributed by atoms with Gasteiger partial charge in [-0.3, -0.25) is 0 Å². The Bertz CT molecular complexity index is 966. The molecule has 10 nitrogen and oxygen atoms in total. The zero-order chi connectivity index (χ0) is 21.0. The van der Waals surface area contributed by atoms with Crippen LogP contribution >= 0.6 is 0 Å². The van der Waals surface area contributed by atoms with E-state index < -0.39 is 17.9 Å². The normalized spacial score (nSPS) is 13.8. The summed E-state index contributed by atoms with van der Waals surface area (Å²) in [5.74, 6) is -2.12. The molecule has 1 aliphatic rings. The van der Waals surface area contributed by atoms with E-state index >= 15 is 0 Å². The highest BCUT2D eigenvalue weighted by molar-refractivity contribution is 6.05. The molecule has 2 aromatic rings. The summed E-state index contributed by atoms with van der Waals surface area (Å²) in [6, 6.07) is 4.91. The first-order valence-corrected chi connectivity index (χ1v) is 8.47. The molecule has 10 heteroatoms. The van der Waals surface area contributed by atoms with Crippen LogP contribution in [0.4, 0.5) is 5.69 Å². The molecule has 2 heterocycles. The van der Waals surface area contributed by atoms with Crippen molar-refractivity contribution in [1.82, 2.24) is 9.55 Å². The van der Waals surface area contributed by atoms with E-state index in [4.69, 9.17) is 18.9 Å². The van der Waals surface area contributed by atoms with Crippen LogP contribution in [0.15, 0.2) is 48.2 Å². The van der Waals surface area contributed by atoms with Gasteiger partial charge in [0.05, 0.1) is 51.1 Å². The highest BCUT2D eigenvalue weighted by Crippen LogP contribution is 2.32. The highest BCUT2D eigenvalue weighted by atomic mass is 16.5. The molecule has 0 bridgehead atoms. The van der Waals surface area contributed by atoms with Gasteiger partial charge in [0.25, 0.3) is 0 Å². The molecule has 29 heavy (non-hydrogen) atoms. The van der Waals surface area contributed by atoms with Crippen molar-refractivity contribution in [3.63, 3.8) is 0 Å². The second-order valence-corrected chi connectivity index (χ2v) is 5.88. The number of carbonyl (C=O) groups excluding carboxylic acids is 3. The third kappa shape index (κ3) is 3.83. The van der Waals surface area contributed by atoms with Crippen LogP contribution < -0.4 is 4.90 Å². The van der Waals surface area contributed by atoms with Crippen molar-refractivity contribution in [2.24, 2.45) is 0 Å². The summed E-state index contributed by atoms with van der Waals surface area (Å²) in [6.45, 7) is -0.231. The summed E-state index contributed by atoms with van der Waals surface area (Å²) in [5.41, 5.74) is 1.05. The van der Waals surface area contributed by atoms with Gasteiger partial charge >= 0.3 is 17.9 Å². The molecule has 1 aliphatic heterocycles. The second-order valence-electron chi connectivity index (χ2n) is 5.88. The quantitative estimate of drug-likeness (QED) is 0.536. The summed E-state index contributed by atoms with van der Waals surface area (Å²) in [6.07, 6.45) is 4.91. The number of carbonyl (C=O) groups is 3. The fourth-order valence-corrected chi connectivity index (χ4v) is 2.93. The molecule has 1 aromatic heterocycles. The first kappa shape index (κ1) is 20.1. The number of aromatic nitrogens is 2. The molecule has 0 fully saturated rings. The van der Waals surface area contributed by atoms with E-state index in [-0.39, 0.29) is 30.2 Å². The molecule has 0 saturated carbocycles. The third-order valence-corrected chi connectivity index (χ3v) is 4.31. The first-order valence-electron chi connectivity index (χ1n) is 8.47. The molecule has 0 aliphatic carbocycles. The Labute approximate surface area is 166 Å². The van der Waals surface area contributed by atoms with Gasteiger partial charge < -0.3 is 28.4 Å². The Morgan fingerprint density at radius 2 is 1.76 bits per heavy atom. The van der Waals surface area contributed by atoms with Gasteiger partial charge in [0, 0.05) is 18.1 Å². The van der Waals surface area contributed by atoms with Gasteiger partial charge in [0.15, 0.2) is 0 Å². The summed E-state index contributed by atoms with van der Waals surface area (Å²) in [7, 11) is 3.64. The Hall–Kier alpha value is -3.66. The molecule has 0 spiro atoms. The molecule has 3 rings (SSSR count). The van der Waals surface area contributed by atoms with Crippen LogP contribution in [0.2, 0.25) is 0 Å². The van der Waals surface area contributed by atoms with Gasteiger partial charge in [-0.2, -0.15) is 0 Å². The number of anilines is 1. The Balaban J connectivity index is 2.22. The van der Waals surface area contributed by atoms with E-state index in [0.29, 0.717) is 11.4 Å². The van der Waals surface area contributed by atoms with Gasteiger partial charge in [0.1, 0.15) is 12.4 Å². The minimum Gasteiger partial charge on any atom is -0.466 e. The zero-order valence-corrected chi connectivity index (χ0v) is 16.1. The van der Waals surface area contributed by atoms with Gasteiger partial charge in [-0.05, 0) is 18.2 Å². The largest absolute Gasteiger partial charge is 0.466 e. The standard InChI is InChI=1S/C19H19N3O7/c1-26-17(23)13-5-4-12(21-7-6-20-10-21)8-15(13)22-11-29-9-14(18(24)27-2)16(22)19(25)28-3/h4-8,10H,9,11H2,1-3H3. The molecule has 0 N–H and O–H groups in total. The molecule has 0 saturated heterocycles. The van der Waals surface area contributed by atoms with Crippen LogP contribution in [0.1, 0.15) is 10.4 Å². The van der Waals surface area contributed by atoms with Crippen LogP contribution in [-0.4, -0.2) is 62.1 Å². The number of hydrogen-bond acceptors (Lipinski definition) is 9. The van der Waals surface area contributed by atoms with E-state index in [1.807, 2.05) is 0 Å². The number of ether oxygens (including phenoxy) is 4. The molecule has 152 valence electrons. The first-order chi connectivity index (χ1) is 14.0. The fourth-order valence-electron chi connectivity index (χ4n) is 2.93. The van der Waals surface area contributed by atoms with Crippen LogP contribution in [0, 0.1) is 0 Å². The lowest BCUT2D eigenvalue weighted by Gasteiger charge is -2.32. The number of hydrogen-bond donors (Lipinski definition) is 0. The van der Waals surface area contributed by atoms with Crippen LogP contribution in [0.3, 0.4) is 0 Å². The van der Waals surface area contributed by atoms with Crippen molar-refractivity contribution in [2.45, 2.75) is 0 Å². The van der Waals surface area contributed by atoms with Crippen molar-refractivity contribution < 1.29 is 33.3 Å². The van der Waals surface area contributed by atoms with E-state index in [0.717, 1.165) is 0 Å². The van der Waals surface area contributed by atoms with Crippen molar-refractivity contribution in [3.05, 3.63) is 53.8 Å². The van der Waals surface area contributed by atoms with Gasteiger partial charge in [-0.1, -0.05) is 0 Å². The van der Waals surface area contributed by atoms with Crippen molar-refractivity contribution >= 4 is 23.6 Å². The van der Waals surface area contributed by atoms with Crippen LogP contribution in [0.25, 0.3) is 5.69 Å². The van der Waals surface area contributed by atoms with Crippen molar-refractivity contribution in [2.75, 3.05) is 39.6 Å². The Kier molecular flexibility index (Phi) is 5.93. The Morgan fingerprint density at radius 1 is 1.03 bits per heavy atom. The summed E-state index contributed by atoms with van der Waals surface area (Å²) in [5, 5.41) is 0. The number of rotatable bonds is 5. The van der Waals surface area contributed by atoms with Gasteiger partial charge in [-0.15, -0.1) is 0 Å². The fraction of sp³-hybridized carbons (Fsp3) is 0.263. The molecular formula is C19H19N3O7. The van der Waals surface area contributed by atoms with E-state index in [1.54, 1.807) is 41.5 Å². The minimum atomic E-state index is -0.766. The van der Waals surface area contributed by atoms with Crippen LogP contribution in [0.5, 0.6) is 0 Å². The predicted molar refractivity (Wildman–Crippen MR) is 99.3 cm³/mol. The average Bonchev–Trinajstić information content (AvgIpc) is 3.31. The predicted octanol–water partition coefficient (Wildman–Crippen LogP) is 1.05. The lowest BCUT2D eigenvalue weighted by atomic mass is 10.1. The molecule has 0 radical (unpaired) electrons. The van der Waals surface area contributed by atoms with Gasteiger partial charge in [0.2, 0.25) is 0 Å². The lowest BCUT2D eigenvalue weighted by molar-refractivity contribution is -0.140. The lowest BCUT2D eigenvalue weighted by Crippen LogP contribution is -2.39. The molecule has 0 unspecified atom stereocenters.